The Morgan fingerprint density at radius 2 is 2.00 bits per heavy atom. The third-order valence-electron chi connectivity index (χ3n) is 5.94. The van der Waals surface area contributed by atoms with E-state index in [2.05, 4.69) is 15.7 Å². The second-order valence-electron chi connectivity index (χ2n) is 8.08. The highest BCUT2D eigenvalue weighted by Crippen LogP contribution is 2.19. The lowest BCUT2D eigenvalue weighted by molar-refractivity contribution is -0.123. The van der Waals surface area contributed by atoms with Gasteiger partial charge in [-0.2, -0.15) is 5.10 Å². The van der Waals surface area contributed by atoms with Gasteiger partial charge in [0.05, 0.1) is 11.7 Å². The van der Waals surface area contributed by atoms with Gasteiger partial charge in [-0.3, -0.25) is 9.59 Å². The second kappa shape index (κ2) is 8.78. The van der Waals surface area contributed by atoms with Gasteiger partial charge in [-0.25, -0.2) is 4.68 Å². The lowest BCUT2D eigenvalue weighted by Crippen LogP contribution is -2.46. The normalized spacial score (nSPS) is 21.9. The molecule has 2 aliphatic rings. The maximum Gasteiger partial charge on any atom is 0.253 e. The van der Waals surface area contributed by atoms with E-state index in [0.717, 1.165) is 50.2 Å². The minimum absolute atomic E-state index is 0.0479. The van der Waals surface area contributed by atoms with Gasteiger partial charge in [0.2, 0.25) is 5.91 Å². The van der Waals surface area contributed by atoms with Crippen LogP contribution in [0.5, 0.6) is 0 Å². The number of aryl methyl sites for hydroxylation is 1. The summed E-state index contributed by atoms with van der Waals surface area (Å²) in [6, 6.07) is 9.51. The van der Waals surface area contributed by atoms with Crippen molar-refractivity contribution in [2.24, 2.45) is 5.92 Å². The number of benzene rings is 1. The molecule has 0 aliphatic carbocycles. The fraction of sp³-hybridized carbons (Fsp3) is 0.500. The molecule has 0 spiro atoms. The van der Waals surface area contributed by atoms with Crippen LogP contribution < -0.4 is 10.6 Å². The summed E-state index contributed by atoms with van der Waals surface area (Å²) in [4.78, 5) is 27.1. The van der Waals surface area contributed by atoms with E-state index < -0.39 is 0 Å². The molecule has 154 valence electrons. The smallest absolute Gasteiger partial charge is 0.253 e. The van der Waals surface area contributed by atoms with Crippen LogP contribution in [0.1, 0.15) is 41.7 Å². The zero-order valence-electron chi connectivity index (χ0n) is 16.9. The van der Waals surface area contributed by atoms with Crippen LogP contribution in [0.15, 0.2) is 36.5 Å². The van der Waals surface area contributed by atoms with Crippen LogP contribution in [-0.4, -0.2) is 58.7 Å². The molecule has 2 atom stereocenters. The molecule has 2 amide bonds. The van der Waals surface area contributed by atoms with E-state index in [-0.39, 0.29) is 17.9 Å². The third kappa shape index (κ3) is 4.50. The van der Waals surface area contributed by atoms with E-state index >= 15 is 0 Å². The van der Waals surface area contributed by atoms with E-state index in [9.17, 15) is 9.59 Å². The van der Waals surface area contributed by atoms with Crippen LogP contribution in [0.2, 0.25) is 0 Å². The lowest BCUT2D eigenvalue weighted by Gasteiger charge is -2.33. The Labute approximate surface area is 171 Å². The van der Waals surface area contributed by atoms with Crippen molar-refractivity contribution >= 4 is 11.8 Å². The molecule has 2 fully saturated rings. The zero-order chi connectivity index (χ0) is 20.2. The quantitative estimate of drug-likeness (QED) is 0.811. The van der Waals surface area contributed by atoms with Crippen molar-refractivity contribution in [2.45, 2.75) is 38.6 Å². The van der Waals surface area contributed by atoms with Crippen molar-refractivity contribution in [3.8, 4) is 5.69 Å². The molecule has 2 saturated heterocycles. The van der Waals surface area contributed by atoms with Gasteiger partial charge in [-0.05, 0) is 75.4 Å². The number of carbonyl (C=O) groups is 2. The van der Waals surface area contributed by atoms with Gasteiger partial charge < -0.3 is 15.5 Å². The minimum Gasteiger partial charge on any atom is -0.354 e. The summed E-state index contributed by atoms with van der Waals surface area (Å²) < 4.78 is 1.85. The van der Waals surface area contributed by atoms with E-state index in [0.29, 0.717) is 24.6 Å². The number of carbonyl (C=O) groups excluding carboxylic acids is 2. The number of nitrogens with one attached hydrogen (secondary N) is 2. The van der Waals surface area contributed by atoms with Crippen LogP contribution in [0, 0.1) is 12.8 Å². The number of hydrogen-bond acceptors (Lipinski definition) is 4. The van der Waals surface area contributed by atoms with Crippen molar-refractivity contribution in [2.75, 3.05) is 26.2 Å². The molecule has 7 heteroatoms. The monoisotopic (exact) mass is 395 g/mol. The summed E-state index contributed by atoms with van der Waals surface area (Å²) in [6.07, 6.45) is 5.75. The Kier molecular flexibility index (Phi) is 5.94. The maximum atomic E-state index is 13.0. The Morgan fingerprint density at radius 1 is 1.17 bits per heavy atom. The summed E-state index contributed by atoms with van der Waals surface area (Å²) in [5.74, 6) is 0.460. The molecule has 4 rings (SSSR count). The van der Waals surface area contributed by atoms with Gasteiger partial charge in [0, 0.05) is 37.1 Å². The third-order valence-corrected chi connectivity index (χ3v) is 5.94. The average Bonchev–Trinajstić information content (AvgIpc) is 3.44. The highest BCUT2D eigenvalue weighted by molar-refractivity contribution is 5.94. The molecule has 2 N–H and O–H groups in total. The summed E-state index contributed by atoms with van der Waals surface area (Å²) in [5.41, 5.74) is 2.69. The maximum absolute atomic E-state index is 13.0. The van der Waals surface area contributed by atoms with Gasteiger partial charge in [0.25, 0.3) is 5.91 Å². The fourth-order valence-electron chi connectivity index (χ4n) is 4.26. The molecule has 2 aliphatic heterocycles. The summed E-state index contributed by atoms with van der Waals surface area (Å²) >= 11 is 0. The first-order valence-corrected chi connectivity index (χ1v) is 10.5. The second-order valence-corrected chi connectivity index (χ2v) is 8.08. The van der Waals surface area contributed by atoms with Crippen LogP contribution in [-0.2, 0) is 4.79 Å². The van der Waals surface area contributed by atoms with E-state index in [1.807, 2.05) is 46.8 Å². The van der Waals surface area contributed by atoms with Crippen molar-refractivity contribution in [1.82, 2.24) is 25.3 Å². The molecule has 3 heterocycles. The predicted octanol–water partition coefficient (Wildman–Crippen LogP) is 1.90. The van der Waals surface area contributed by atoms with Gasteiger partial charge in [-0.15, -0.1) is 0 Å². The number of nitrogens with zero attached hydrogens (tertiary/aromatic N) is 3. The number of hydrogen-bond donors (Lipinski definition) is 2. The topological polar surface area (TPSA) is 79.3 Å². The van der Waals surface area contributed by atoms with Crippen LogP contribution >= 0.6 is 0 Å². The molecule has 0 bridgehead atoms. The van der Waals surface area contributed by atoms with Gasteiger partial charge >= 0.3 is 0 Å². The number of amides is 2. The molecular weight excluding hydrogens is 366 g/mol. The highest BCUT2D eigenvalue weighted by atomic mass is 16.2. The Balaban J connectivity index is 1.33. The summed E-state index contributed by atoms with van der Waals surface area (Å²) in [7, 11) is 0. The first-order valence-electron chi connectivity index (χ1n) is 10.5. The number of likely N-dealkylation sites (tertiary alicyclic amines) is 1. The molecule has 0 saturated carbocycles. The van der Waals surface area contributed by atoms with Crippen LogP contribution in [0.3, 0.4) is 0 Å². The highest BCUT2D eigenvalue weighted by Gasteiger charge is 2.27. The molecule has 2 unspecified atom stereocenters. The minimum atomic E-state index is -0.0479. The fourth-order valence-corrected chi connectivity index (χ4v) is 4.26. The van der Waals surface area contributed by atoms with Gasteiger partial charge in [0.1, 0.15) is 0 Å². The van der Waals surface area contributed by atoms with E-state index in [4.69, 9.17) is 0 Å². The molecule has 7 nitrogen and oxygen atoms in total. The van der Waals surface area contributed by atoms with Gasteiger partial charge in [-0.1, -0.05) is 0 Å². The SMILES string of the molecule is Cc1ccnn1-c1ccc(C(=O)N2CCCC(CNC(=O)C3CCCN3)C2)cc1. The number of rotatable bonds is 5. The van der Waals surface area contributed by atoms with E-state index in [1.165, 1.54) is 0 Å². The molecule has 1 aromatic carbocycles. The summed E-state index contributed by atoms with van der Waals surface area (Å²) in [5, 5.41) is 10.6. The zero-order valence-corrected chi connectivity index (χ0v) is 16.9. The van der Waals surface area contributed by atoms with Gasteiger partial charge in [0.15, 0.2) is 0 Å². The van der Waals surface area contributed by atoms with Crippen molar-refractivity contribution in [3.05, 3.63) is 47.8 Å². The Morgan fingerprint density at radius 3 is 2.69 bits per heavy atom. The van der Waals surface area contributed by atoms with Crippen LogP contribution in [0.4, 0.5) is 0 Å². The first-order chi connectivity index (χ1) is 14.1. The van der Waals surface area contributed by atoms with E-state index in [1.54, 1.807) is 6.20 Å². The molecular formula is C22H29N5O2. The largest absolute Gasteiger partial charge is 0.354 e. The molecule has 29 heavy (non-hydrogen) atoms. The average molecular weight is 396 g/mol. The Bertz CT molecular complexity index is 854. The van der Waals surface area contributed by atoms with Crippen molar-refractivity contribution in [1.29, 1.82) is 0 Å². The van der Waals surface area contributed by atoms with Crippen molar-refractivity contribution < 1.29 is 9.59 Å². The lowest BCUT2D eigenvalue weighted by atomic mass is 9.97. The number of aromatic nitrogens is 2. The predicted molar refractivity (Wildman–Crippen MR) is 111 cm³/mol. The Hall–Kier alpha value is -2.67. The molecule has 2 aromatic rings. The standard InChI is InChI=1S/C22H29N5O2/c1-16-10-12-25-27(16)19-8-6-18(7-9-19)22(29)26-13-3-4-17(15-26)14-24-21(28)20-5-2-11-23-20/h6-10,12,17,20,23H,2-5,11,13-15H2,1H3,(H,24,28). The van der Waals surface area contributed by atoms with Crippen molar-refractivity contribution in [3.63, 3.8) is 0 Å². The molecule has 0 radical (unpaired) electrons. The van der Waals surface area contributed by atoms with Crippen LogP contribution in [0.25, 0.3) is 5.69 Å². The number of piperidine rings is 1. The summed E-state index contributed by atoms with van der Waals surface area (Å²) in [6.45, 7) is 5.02. The first kappa shape index (κ1) is 19.6. The molecule has 1 aromatic heterocycles.